The number of anilines is 1. The molecule has 1 aromatic rings. The van der Waals surface area contributed by atoms with Gasteiger partial charge in [-0.15, -0.1) is 0 Å². The van der Waals surface area contributed by atoms with E-state index in [9.17, 15) is 0 Å². The molecule has 0 spiro atoms. The lowest BCUT2D eigenvalue weighted by atomic mass is 10.3. The zero-order valence-electron chi connectivity index (χ0n) is 9.21. The fraction of sp³-hybridized carbons (Fsp3) is 0.500. The lowest BCUT2D eigenvalue weighted by Crippen LogP contribution is -2.17. The maximum atomic E-state index is 5.36. The summed E-state index contributed by atoms with van der Waals surface area (Å²) in [7, 11) is 0. The SMILES string of the molecule is CC(C)C.c1ccc2c(c1)NCCO2. The molecule has 1 aliphatic rings. The smallest absolute Gasteiger partial charge is 0.142 e. The fourth-order valence-electron chi connectivity index (χ4n) is 1.09. The molecular formula is C12H19NO. The number of ether oxygens (including phenoxy) is 1. The molecule has 78 valence electrons. The van der Waals surface area contributed by atoms with Crippen LogP contribution in [0.2, 0.25) is 0 Å². The molecule has 0 bridgehead atoms. The van der Waals surface area contributed by atoms with Gasteiger partial charge in [0.05, 0.1) is 5.69 Å². The number of hydrogen-bond acceptors (Lipinski definition) is 2. The molecule has 0 aliphatic carbocycles. The minimum absolute atomic E-state index is 0.775. The van der Waals surface area contributed by atoms with Gasteiger partial charge in [-0.3, -0.25) is 0 Å². The number of hydrogen-bond donors (Lipinski definition) is 1. The van der Waals surface area contributed by atoms with Crippen molar-refractivity contribution in [2.24, 2.45) is 5.92 Å². The minimum atomic E-state index is 0.775. The van der Waals surface area contributed by atoms with Gasteiger partial charge >= 0.3 is 0 Å². The van der Waals surface area contributed by atoms with Crippen molar-refractivity contribution in [3.63, 3.8) is 0 Å². The molecule has 2 nitrogen and oxygen atoms in total. The van der Waals surface area contributed by atoms with Gasteiger partial charge in [0.25, 0.3) is 0 Å². The van der Waals surface area contributed by atoms with Crippen LogP contribution in [0.5, 0.6) is 5.75 Å². The van der Waals surface area contributed by atoms with Crippen LogP contribution >= 0.6 is 0 Å². The van der Waals surface area contributed by atoms with E-state index >= 15 is 0 Å². The molecule has 1 heterocycles. The van der Waals surface area contributed by atoms with Crippen molar-refractivity contribution in [1.82, 2.24) is 0 Å². The van der Waals surface area contributed by atoms with Crippen molar-refractivity contribution in [2.45, 2.75) is 20.8 Å². The normalized spacial score (nSPS) is 13.1. The minimum Gasteiger partial charge on any atom is -0.490 e. The molecule has 1 aliphatic heterocycles. The predicted octanol–water partition coefficient (Wildman–Crippen LogP) is 3.15. The molecule has 0 saturated carbocycles. The number of benzene rings is 1. The largest absolute Gasteiger partial charge is 0.490 e. The lowest BCUT2D eigenvalue weighted by Gasteiger charge is -2.17. The van der Waals surface area contributed by atoms with Crippen LogP contribution in [0.1, 0.15) is 20.8 Å². The number of para-hydroxylation sites is 2. The van der Waals surface area contributed by atoms with Gasteiger partial charge in [0.1, 0.15) is 12.4 Å². The molecule has 0 unspecified atom stereocenters. The molecule has 2 rings (SSSR count). The molecule has 0 radical (unpaired) electrons. The quantitative estimate of drug-likeness (QED) is 0.683. The van der Waals surface area contributed by atoms with Crippen LogP contribution in [0.25, 0.3) is 0 Å². The van der Waals surface area contributed by atoms with Crippen LogP contribution in [0.4, 0.5) is 5.69 Å². The monoisotopic (exact) mass is 193 g/mol. The molecule has 1 N–H and O–H groups in total. The Morgan fingerprint density at radius 1 is 1.21 bits per heavy atom. The van der Waals surface area contributed by atoms with E-state index in [-0.39, 0.29) is 0 Å². The first-order valence-electron chi connectivity index (χ1n) is 5.16. The van der Waals surface area contributed by atoms with Crippen LogP contribution in [0.15, 0.2) is 24.3 Å². The van der Waals surface area contributed by atoms with Gasteiger partial charge in [0, 0.05) is 6.54 Å². The van der Waals surface area contributed by atoms with E-state index < -0.39 is 0 Å². The summed E-state index contributed by atoms with van der Waals surface area (Å²) >= 11 is 0. The topological polar surface area (TPSA) is 21.3 Å². The van der Waals surface area contributed by atoms with E-state index in [4.69, 9.17) is 4.74 Å². The van der Waals surface area contributed by atoms with Gasteiger partial charge in [0.15, 0.2) is 0 Å². The van der Waals surface area contributed by atoms with E-state index in [2.05, 4.69) is 26.1 Å². The molecular weight excluding hydrogens is 174 g/mol. The summed E-state index contributed by atoms with van der Waals surface area (Å²) in [6.07, 6.45) is 0. The van der Waals surface area contributed by atoms with E-state index in [1.807, 2.05) is 24.3 Å². The van der Waals surface area contributed by atoms with Gasteiger partial charge in [-0.25, -0.2) is 0 Å². The first-order valence-corrected chi connectivity index (χ1v) is 5.16. The highest BCUT2D eigenvalue weighted by molar-refractivity contribution is 5.57. The van der Waals surface area contributed by atoms with E-state index in [1.54, 1.807) is 0 Å². The Morgan fingerprint density at radius 3 is 2.50 bits per heavy atom. The molecule has 0 aromatic heterocycles. The van der Waals surface area contributed by atoms with Crippen LogP contribution in [-0.4, -0.2) is 13.2 Å². The highest BCUT2D eigenvalue weighted by Crippen LogP contribution is 2.25. The van der Waals surface area contributed by atoms with Crippen LogP contribution in [0, 0.1) is 5.92 Å². The molecule has 0 amide bonds. The Bertz CT molecular complexity index is 243. The summed E-state index contributed by atoms with van der Waals surface area (Å²) in [5.74, 6) is 1.80. The Balaban J connectivity index is 0.000000213. The summed E-state index contributed by atoms with van der Waals surface area (Å²) < 4.78 is 5.36. The average Bonchev–Trinajstić information content (AvgIpc) is 2.17. The van der Waals surface area contributed by atoms with Gasteiger partial charge in [0.2, 0.25) is 0 Å². The summed E-state index contributed by atoms with van der Waals surface area (Å²) in [6, 6.07) is 7.97. The molecule has 14 heavy (non-hydrogen) atoms. The predicted molar refractivity (Wildman–Crippen MR) is 60.9 cm³/mol. The van der Waals surface area contributed by atoms with E-state index in [0.717, 1.165) is 30.5 Å². The van der Waals surface area contributed by atoms with Crippen LogP contribution in [-0.2, 0) is 0 Å². The third-order valence-electron chi connectivity index (χ3n) is 1.56. The third-order valence-corrected chi connectivity index (χ3v) is 1.56. The molecule has 0 atom stereocenters. The van der Waals surface area contributed by atoms with Crippen molar-refractivity contribution in [3.05, 3.63) is 24.3 Å². The van der Waals surface area contributed by atoms with Gasteiger partial charge in [-0.05, 0) is 18.1 Å². The standard InChI is InChI=1S/C8H9NO.C4H10/c1-2-4-8-7(3-1)9-5-6-10-8;1-4(2)3/h1-4,9H,5-6H2;4H,1-3H3. The first kappa shape index (κ1) is 10.9. The molecule has 0 saturated heterocycles. The second-order valence-electron chi connectivity index (χ2n) is 4.00. The second kappa shape index (κ2) is 5.53. The maximum Gasteiger partial charge on any atom is 0.142 e. The van der Waals surface area contributed by atoms with Gasteiger partial charge < -0.3 is 10.1 Å². The first-order chi connectivity index (χ1) is 6.70. The third kappa shape index (κ3) is 3.69. The number of nitrogens with one attached hydrogen (secondary N) is 1. The fourth-order valence-corrected chi connectivity index (χ4v) is 1.09. The Hall–Kier alpha value is -1.18. The second-order valence-corrected chi connectivity index (χ2v) is 4.00. The number of fused-ring (bicyclic) bond motifs is 1. The lowest BCUT2D eigenvalue weighted by molar-refractivity contribution is 0.323. The highest BCUT2D eigenvalue weighted by atomic mass is 16.5. The molecule has 0 fully saturated rings. The van der Waals surface area contributed by atoms with Crippen molar-refractivity contribution in [1.29, 1.82) is 0 Å². The Kier molecular flexibility index (Phi) is 4.30. The van der Waals surface area contributed by atoms with Crippen molar-refractivity contribution in [2.75, 3.05) is 18.5 Å². The van der Waals surface area contributed by atoms with Crippen molar-refractivity contribution in [3.8, 4) is 5.75 Å². The van der Waals surface area contributed by atoms with E-state index in [0.29, 0.717) is 0 Å². The summed E-state index contributed by atoms with van der Waals surface area (Å²) in [6.45, 7) is 8.19. The van der Waals surface area contributed by atoms with Gasteiger partial charge in [-0.2, -0.15) is 0 Å². The Labute approximate surface area is 86.3 Å². The van der Waals surface area contributed by atoms with Crippen molar-refractivity contribution >= 4 is 5.69 Å². The van der Waals surface area contributed by atoms with Crippen LogP contribution in [0.3, 0.4) is 0 Å². The highest BCUT2D eigenvalue weighted by Gasteiger charge is 2.05. The summed E-state index contributed by atoms with van der Waals surface area (Å²) in [5, 5.41) is 3.24. The maximum absolute atomic E-state index is 5.36. The Morgan fingerprint density at radius 2 is 1.86 bits per heavy atom. The van der Waals surface area contributed by atoms with Crippen LogP contribution < -0.4 is 10.1 Å². The van der Waals surface area contributed by atoms with Crippen molar-refractivity contribution < 1.29 is 4.74 Å². The summed E-state index contributed by atoms with van der Waals surface area (Å²) in [4.78, 5) is 0. The number of rotatable bonds is 0. The average molecular weight is 193 g/mol. The molecule has 1 aromatic carbocycles. The van der Waals surface area contributed by atoms with Gasteiger partial charge in [-0.1, -0.05) is 32.9 Å². The molecule has 2 heteroatoms. The summed E-state index contributed by atoms with van der Waals surface area (Å²) in [5.41, 5.74) is 1.11. The van der Waals surface area contributed by atoms with E-state index in [1.165, 1.54) is 0 Å². The zero-order valence-corrected chi connectivity index (χ0v) is 9.21. The zero-order chi connectivity index (χ0) is 10.4.